The van der Waals surface area contributed by atoms with Gasteiger partial charge in [0.1, 0.15) is 0 Å². The molecule has 45 heavy (non-hydrogen) atoms. The molecule has 0 heterocycles. The van der Waals surface area contributed by atoms with E-state index in [0.717, 1.165) is 39.8 Å². The van der Waals surface area contributed by atoms with Gasteiger partial charge in [-0.1, -0.05) is 84.9 Å². The molecular weight excluding hydrogens is 546 g/mol. The summed E-state index contributed by atoms with van der Waals surface area (Å²) in [5.74, 6) is 0. The summed E-state index contributed by atoms with van der Waals surface area (Å²) in [5, 5.41) is 7.42. The maximum Gasteiger partial charge on any atom is 0.0540 e. The average molecular weight is 580 g/mol. The van der Waals surface area contributed by atoms with E-state index in [4.69, 9.17) is 5.73 Å². The van der Waals surface area contributed by atoms with Gasteiger partial charge in [0.25, 0.3) is 0 Å². The molecule has 0 aliphatic carbocycles. The summed E-state index contributed by atoms with van der Waals surface area (Å²) in [6.07, 6.45) is 0. The van der Waals surface area contributed by atoms with Crippen LogP contribution in [-0.4, -0.2) is 0 Å². The van der Waals surface area contributed by atoms with Crippen LogP contribution in [0.25, 0.3) is 32.3 Å². The lowest BCUT2D eigenvalue weighted by Gasteiger charge is -2.29. The molecule has 216 valence electrons. The maximum absolute atomic E-state index is 6.31. The number of nitrogens with zero attached hydrogens (tertiary/aromatic N) is 2. The molecule has 8 aromatic rings. The number of para-hydroxylation sites is 1. The first-order valence-electron chi connectivity index (χ1n) is 15.4. The highest BCUT2D eigenvalue weighted by Crippen LogP contribution is 2.47. The minimum absolute atomic E-state index is 0.739. The van der Waals surface area contributed by atoms with Gasteiger partial charge in [0, 0.05) is 39.2 Å². The number of aryl methyl sites for hydroxylation is 2. The standard InChI is InChI=1S/C42H33N3/c1-28-9-6-14-34(25-28)45(35-15-7-10-29(2)26-35)40-24-20-31-17-21-37-39(23-19-30-18-22-38(40)42(31)41(30)37)44(33-12-4-3-5-13-33)36-16-8-11-32(43)27-36/h3-27H,43H2,1-2H3. The molecule has 0 saturated heterocycles. The van der Waals surface area contributed by atoms with Crippen LogP contribution in [0, 0.1) is 13.8 Å². The normalized spacial score (nSPS) is 11.4. The van der Waals surface area contributed by atoms with Crippen molar-refractivity contribution in [1.29, 1.82) is 0 Å². The van der Waals surface area contributed by atoms with Crippen molar-refractivity contribution in [3.8, 4) is 0 Å². The number of rotatable bonds is 6. The second kappa shape index (κ2) is 10.7. The molecule has 0 aliphatic heterocycles. The number of nitrogen functional groups attached to an aromatic ring is 1. The van der Waals surface area contributed by atoms with Gasteiger partial charge in [-0.15, -0.1) is 0 Å². The molecule has 0 unspecified atom stereocenters. The largest absolute Gasteiger partial charge is 0.399 e. The van der Waals surface area contributed by atoms with Crippen molar-refractivity contribution >= 4 is 72.1 Å². The van der Waals surface area contributed by atoms with Crippen LogP contribution in [0.1, 0.15) is 11.1 Å². The highest BCUT2D eigenvalue weighted by Gasteiger charge is 2.21. The van der Waals surface area contributed by atoms with E-state index in [2.05, 4.69) is 157 Å². The molecule has 3 heteroatoms. The second-order valence-corrected chi connectivity index (χ2v) is 11.9. The summed E-state index contributed by atoms with van der Waals surface area (Å²) < 4.78 is 0. The molecule has 0 aromatic heterocycles. The van der Waals surface area contributed by atoms with E-state index < -0.39 is 0 Å². The van der Waals surface area contributed by atoms with E-state index in [1.165, 1.54) is 43.4 Å². The van der Waals surface area contributed by atoms with Gasteiger partial charge in [-0.25, -0.2) is 0 Å². The monoisotopic (exact) mass is 579 g/mol. The summed E-state index contributed by atoms with van der Waals surface area (Å²) in [6.45, 7) is 4.31. The molecule has 0 atom stereocenters. The molecule has 3 nitrogen and oxygen atoms in total. The Morgan fingerprint density at radius 2 is 0.844 bits per heavy atom. The van der Waals surface area contributed by atoms with Crippen molar-refractivity contribution in [2.75, 3.05) is 15.5 Å². The Kier molecular flexibility index (Phi) is 6.39. The minimum atomic E-state index is 0.739. The van der Waals surface area contributed by atoms with Crippen LogP contribution in [0.4, 0.5) is 39.8 Å². The molecule has 0 spiro atoms. The fraction of sp³-hybridized carbons (Fsp3) is 0.0476. The maximum atomic E-state index is 6.31. The SMILES string of the molecule is Cc1cccc(N(c2cccc(C)c2)c2ccc3ccc4c(N(c5ccccc5)c5cccc(N)c5)ccc5ccc2c3c54)c1. The number of hydrogen-bond donors (Lipinski definition) is 1. The van der Waals surface area contributed by atoms with Gasteiger partial charge in [0.05, 0.1) is 11.4 Å². The van der Waals surface area contributed by atoms with E-state index in [0.29, 0.717) is 0 Å². The quantitative estimate of drug-likeness (QED) is 0.157. The lowest BCUT2D eigenvalue weighted by molar-refractivity contribution is 1.27. The third-order valence-corrected chi connectivity index (χ3v) is 8.76. The third kappa shape index (κ3) is 4.61. The van der Waals surface area contributed by atoms with Crippen LogP contribution in [0.5, 0.6) is 0 Å². The van der Waals surface area contributed by atoms with Gasteiger partial charge in [-0.05, 0) is 113 Å². The summed E-state index contributed by atoms with van der Waals surface area (Å²) in [6, 6.07) is 54.4. The Labute approximate surface area is 263 Å². The van der Waals surface area contributed by atoms with Crippen LogP contribution in [0.2, 0.25) is 0 Å². The van der Waals surface area contributed by atoms with Crippen LogP contribution < -0.4 is 15.5 Å². The minimum Gasteiger partial charge on any atom is -0.399 e. The Morgan fingerprint density at radius 1 is 0.400 bits per heavy atom. The Morgan fingerprint density at radius 3 is 1.36 bits per heavy atom. The van der Waals surface area contributed by atoms with Crippen molar-refractivity contribution in [1.82, 2.24) is 0 Å². The van der Waals surface area contributed by atoms with Gasteiger partial charge in [0.15, 0.2) is 0 Å². The molecular formula is C42H33N3. The zero-order chi connectivity index (χ0) is 30.5. The molecule has 8 aromatic carbocycles. The van der Waals surface area contributed by atoms with E-state index in [-0.39, 0.29) is 0 Å². The van der Waals surface area contributed by atoms with E-state index in [1.807, 2.05) is 18.2 Å². The lowest BCUT2D eigenvalue weighted by atomic mass is 9.91. The lowest BCUT2D eigenvalue weighted by Crippen LogP contribution is -2.11. The fourth-order valence-electron chi connectivity index (χ4n) is 6.79. The summed E-state index contributed by atoms with van der Waals surface area (Å²) in [7, 11) is 0. The van der Waals surface area contributed by atoms with Crippen LogP contribution >= 0.6 is 0 Å². The van der Waals surface area contributed by atoms with Crippen molar-refractivity contribution in [3.05, 3.63) is 163 Å². The molecule has 0 fully saturated rings. The van der Waals surface area contributed by atoms with Crippen molar-refractivity contribution in [2.45, 2.75) is 13.8 Å². The topological polar surface area (TPSA) is 32.5 Å². The van der Waals surface area contributed by atoms with E-state index >= 15 is 0 Å². The molecule has 2 N–H and O–H groups in total. The molecule has 0 bridgehead atoms. The first-order valence-corrected chi connectivity index (χ1v) is 15.4. The summed E-state index contributed by atoms with van der Waals surface area (Å²) in [5.41, 5.74) is 16.2. The van der Waals surface area contributed by atoms with Crippen LogP contribution in [0.15, 0.2) is 152 Å². The second-order valence-electron chi connectivity index (χ2n) is 11.9. The Balaban J connectivity index is 1.42. The van der Waals surface area contributed by atoms with Gasteiger partial charge < -0.3 is 15.5 Å². The average Bonchev–Trinajstić information content (AvgIpc) is 3.06. The Hall–Kier alpha value is -5.80. The zero-order valence-electron chi connectivity index (χ0n) is 25.4. The smallest absolute Gasteiger partial charge is 0.0540 e. The third-order valence-electron chi connectivity index (χ3n) is 8.76. The van der Waals surface area contributed by atoms with Crippen LogP contribution in [0.3, 0.4) is 0 Å². The van der Waals surface area contributed by atoms with Crippen molar-refractivity contribution in [2.24, 2.45) is 0 Å². The molecule has 8 rings (SSSR count). The number of benzene rings is 8. The molecule has 0 saturated carbocycles. The number of anilines is 7. The summed E-state index contributed by atoms with van der Waals surface area (Å²) in [4.78, 5) is 4.71. The van der Waals surface area contributed by atoms with Crippen molar-refractivity contribution < 1.29 is 0 Å². The fourth-order valence-corrected chi connectivity index (χ4v) is 6.79. The predicted molar refractivity (Wildman–Crippen MR) is 193 cm³/mol. The van der Waals surface area contributed by atoms with E-state index in [9.17, 15) is 0 Å². The number of nitrogens with two attached hydrogens (primary N) is 1. The number of hydrogen-bond acceptors (Lipinski definition) is 3. The first kappa shape index (κ1) is 26.8. The molecule has 0 radical (unpaired) electrons. The summed E-state index contributed by atoms with van der Waals surface area (Å²) >= 11 is 0. The first-order chi connectivity index (χ1) is 22.0. The van der Waals surface area contributed by atoms with Crippen molar-refractivity contribution in [3.63, 3.8) is 0 Å². The van der Waals surface area contributed by atoms with Crippen LogP contribution in [-0.2, 0) is 0 Å². The van der Waals surface area contributed by atoms with Gasteiger partial charge in [0.2, 0.25) is 0 Å². The van der Waals surface area contributed by atoms with Gasteiger partial charge in [-0.2, -0.15) is 0 Å². The highest BCUT2D eigenvalue weighted by atomic mass is 15.1. The van der Waals surface area contributed by atoms with E-state index in [1.54, 1.807) is 0 Å². The zero-order valence-corrected chi connectivity index (χ0v) is 25.4. The highest BCUT2D eigenvalue weighted by molar-refractivity contribution is 6.28. The molecule has 0 aliphatic rings. The predicted octanol–water partition coefficient (Wildman–Crippen LogP) is 11.7. The van der Waals surface area contributed by atoms with Gasteiger partial charge in [-0.3, -0.25) is 0 Å². The Bertz CT molecular complexity index is 2280. The molecule has 0 amide bonds. The van der Waals surface area contributed by atoms with Gasteiger partial charge >= 0.3 is 0 Å².